The molecule has 3 aliphatic heterocycles. The number of hydrogen-bond acceptors (Lipinski definition) is 8. The van der Waals surface area contributed by atoms with Gasteiger partial charge in [0.2, 0.25) is 0 Å². The lowest BCUT2D eigenvalue weighted by Gasteiger charge is -2.58. The normalized spacial score (nSPS) is 58.3. The van der Waals surface area contributed by atoms with Gasteiger partial charge < -0.3 is 39.4 Å². The van der Waals surface area contributed by atoms with E-state index in [1.165, 1.54) is 24.8 Å². The van der Waals surface area contributed by atoms with Crippen LogP contribution in [0.1, 0.15) is 85.5 Å². The molecule has 232 valence electrons. The second-order valence-electron chi connectivity index (χ2n) is 15.5. The maximum absolute atomic E-state index is 10.5. The van der Waals surface area contributed by atoms with E-state index in [4.69, 9.17) is 18.9 Å². The Morgan fingerprint density at radius 2 is 1.78 bits per heavy atom. The second-order valence-corrected chi connectivity index (χ2v) is 15.5. The van der Waals surface area contributed by atoms with Gasteiger partial charge in [-0.3, -0.25) is 0 Å². The third kappa shape index (κ3) is 4.29. The van der Waals surface area contributed by atoms with E-state index in [0.717, 1.165) is 45.1 Å². The van der Waals surface area contributed by atoms with Crippen molar-refractivity contribution in [2.75, 3.05) is 13.2 Å². The lowest BCUT2D eigenvalue weighted by molar-refractivity contribution is -0.313. The van der Waals surface area contributed by atoms with Crippen molar-refractivity contribution in [3.63, 3.8) is 0 Å². The molecular weight excluding hydrogens is 524 g/mol. The van der Waals surface area contributed by atoms with Crippen LogP contribution >= 0.6 is 0 Å². The molecule has 7 aliphatic rings. The highest BCUT2D eigenvalue weighted by Gasteiger charge is 2.68. The van der Waals surface area contributed by atoms with Gasteiger partial charge in [0.25, 0.3) is 0 Å². The van der Waals surface area contributed by atoms with E-state index in [9.17, 15) is 20.4 Å². The third-order valence-electron chi connectivity index (χ3n) is 13.5. The van der Waals surface area contributed by atoms with Crippen molar-refractivity contribution >= 4 is 0 Å². The number of aliphatic hydroxyl groups excluding tert-OH is 4. The van der Waals surface area contributed by atoms with E-state index in [2.05, 4.69) is 33.8 Å². The summed E-state index contributed by atoms with van der Waals surface area (Å²) in [4.78, 5) is 0. The first-order chi connectivity index (χ1) is 19.5. The zero-order valence-electron chi connectivity index (χ0n) is 25.3. The van der Waals surface area contributed by atoms with Gasteiger partial charge >= 0.3 is 0 Å². The molecule has 7 rings (SSSR count). The number of fused-ring (bicyclic) bond motifs is 7. The predicted molar refractivity (Wildman–Crippen MR) is 150 cm³/mol. The molecule has 3 saturated carbocycles. The molecule has 41 heavy (non-hydrogen) atoms. The van der Waals surface area contributed by atoms with Gasteiger partial charge in [-0.05, 0) is 91.8 Å². The lowest BCUT2D eigenvalue weighted by Crippen LogP contribution is -2.60. The van der Waals surface area contributed by atoms with E-state index in [1.807, 2.05) is 0 Å². The first kappa shape index (κ1) is 29.1. The quantitative estimate of drug-likeness (QED) is 0.377. The fraction of sp³-hybridized carbons (Fsp3) is 0.939. The second kappa shape index (κ2) is 10.2. The maximum Gasteiger partial charge on any atom is 0.186 e. The lowest BCUT2D eigenvalue weighted by atomic mass is 9.47. The standard InChI is InChI=1S/C33H52O8/c1-17-7-12-33(38-16-17)18(2)26-24(41-33)14-23-21-6-5-19-13-20(8-10-31(19,3)22(21)9-11-32(23,26)4)39-30-29(37)28(36)27(35)25(15-34)40-30/h5,17-18,20-30,34-37H,6-16H2,1-4H3/t17-,18+,20+,21-,22+,23+,24+,25-,26+,27-,28?,29?,30-,31+,32+,33-/m1/s1. The minimum Gasteiger partial charge on any atom is -0.394 e. The van der Waals surface area contributed by atoms with Crippen LogP contribution in [0.4, 0.5) is 0 Å². The number of rotatable bonds is 3. The topological polar surface area (TPSA) is 118 Å². The van der Waals surface area contributed by atoms with Crippen LogP contribution in [0.3, 0.4) is 0 Å². The highest BCUT2D eigenvalue weighted by Crippen LogP contribution is 2.70. The summed E-state index contributed by atoms with van der Waals surface area (Å²) in [6.45, 7) is 10.1. The van der Waals surface area contributed by atoms with E-state index in [-0.39, 0.29) is 17.3 Å². The number of aliphatic hydroxyl groups is 4. The predicted octanol–water partition coefficient (Wildman–Crippen LogP) is 3.54. The summed E-state index contributed by atoms with van der Waals surface area (Å²) in [5, 5.41) is 40.4. The summed E-state index contributed by atoms with van der Waals surface area (Å²) < 4.78 is 25.3. The highest BCUT2D eigenvalue weighted by atomic mass is 16.7. The number of allylic oxidation sites excluding steroid dienone is 1. The van der Waals surface area contributed by atoms with Gasteiger partial charge in [0.1, 0.15) is 24.4 Å². The highest BCUT2D eigenvalue weighted by molar-refractivity contribution is 5.26. The molecule has 8 nitrogen and oxygen atoms in total. The fourth-order valence-electron chi connectivity index (χ4n) is 11.1. The van der Waals surface area contributed by atoms with Crippen LogP contribution in [0, 0.1) is 46.3 Å². The molecule has 3 saturated heterocycles. The van der Waals surface area contributed by atoms with Gasteiger partial charge in [-0.1, -0.05) is 39.3 Å². The van der Waals surface area contributed by atoms with Crippen LogP contribution < -0.4 is 0 Å². The summed E-state index contributed by atoms with van der Waals surface area (Å²) in [5.41, 5.74) is 1.91. The first-order valence-corrected chi connectivity index (χ1v) is 16.5. The average Bonchev–Trinajstić information content (AvgIpc) is 3.40. The minimum atomic E-state index is -1.41. The molecule has 0 radical (unpaired) electrons. The number of hydrogen-bond donors (Lipinski definition) is 4. The summed E-state index contributed by atoms with van der Waals surface area (Å²) in [5.74, 6) is 3.28. The molecule has 8 heteroatoms. The van der Waals surface area contributed by atoms with Crippen molar-refractivity contribution in [1.29, 1.82) is 0 Å². The Kier molecular flexibility index (Phi) is 7.27. The molecule has 0 aromatic carbocycles. The van der Waals surface area contributed by atoms with Crippen molar-refractivity contribution < 1.29 is 39.4 Å². The third-order valence-corrected chi connectivity index (χ3v) is 13.5. The molecule has 1 spiro atoms. The van der Waals surface area contributed by atoms with Crippen molar-refractivity contribution in [2.45, 2.75) is 134 Å². The van der Waals surface area contributed by atoms with Crippen LogP contribution in [0.5, 0.6) is 0 Å². The molecule has 0 aromatic rings. The maximum atomic E-state index is 10.5. The minimum absolute atomic E-state index is 0.129. The van der Waals surface area contributed by atoms with Crippen molar-refractivity contribution in [1.82, 2.24) is 0 Å². The summed E-state index contributed by atoms with van der Waals surface area (Å²) >= 11 is 0. The summed E-state index contributed by atoms with van der Waals surface area (Å²) in [6, 6.07) is 0. The molecule has 0 amide bonds. The number of ether oxygens (including phenoxy) is 4. The average molecular weight is 577 g/mol. The molecule has 3 heterocycles. The Balaban J connectivity index is 1.05. The largest absolute Gasteiger partial charge is 0.394 e. The van der Waals surface area contributed by atoms with Crippen LogP contribution in [-0.2, 0) is 18.9 Å². The van der Waals surface area contributed by atoms with E-state index >= 15 is 0 Å². The van der Waals surface area contributed by atoms with Crippen LogP contribution in [-0.4, -0.2) is 82.3 Å². The van der Waals surface area contributed by atoms with E-state index in [0.29, 0.717) is 47.0 Å². The Labute approximate surface area is 244 Å². The van der Waals surface area contributed by atoms with Crippen LogP contribution in [0.15, 0.2) is 11.6 Å². The fourth-order valence-corrected chi connectivity index (χ4v) is 11.1. The summed E-state index contributed by atoms with van der Waals surface area (Å²) in [6.07, 6.45) is 6.24. The molecule has 4 N–H and O–H groups in total. The van der Waals surface area contributed by atoms with Crippen molar-refractivity contribution in [3.05, 3.63) is 11.6 Å². The molecular formula is C33H52O8. The van der Waals surface area contributed by atoms with Gasteiger partial charge in [0.15, 0.2) is 12.1 Å². The monoisotopic (exact) mass is 576 g/mol. The molecule has 4 aliphatic carbocycles. The van der Waals surface area contributed by atoms with Crippen LogP contribution in [0.25, 0.3) is 0 Å². The zero-order valence-corrected chi connectivity index (χ0v) is 25.3. The smallest absolute Gasteiger partial charge is 0.186 e. The Hall–Kier alpha value is -0.580. The van der Waals surface area contributed by atoms with Crippen LogP contribution in [0.2, 0.25) is 0 Å². The molecule has 2 unspecified atom stereocenters. The zero-order chi connectivity index (χ0) is 28.9. The molecule has 16 atom stereocenters. The van der Waals surface area contributed by atoms with E-state index < -0.39 is 37.3 Å². The van der Waals surface area contributed by atoms with Crippen molar-refractivity contribution in [2.24, 2.45) is 46.3 Å². The SMILES string of the molecule is C[C@@H]1CC[C@@]2(OC1)O[C@H]1C[C@H]3[C@@H]4CC=C5C[C@@H](O[C@@H]6O[C@H](CO)[C@@H](O)C(O)C6O)CC[C@]5(C)[C@H]4CC[C@]3(C)[C@H]1[C@@H]2C. The van der Waals surface area contributed by atoms with Gasteiger partial charge in [0.05, 0.1) is 25.4 Å². The van der Waals surface area contributed by atoms with E-state index in [1.54, 1.807) is 0 Å². The molecule has 0 bridgehead atoms. The Bertz CT molecular complexity index is 1020. The molecule has 6 fully saturated rings. The van der Waals surface area contributed by atoms with Gasteiger partial charge in [-0.25, -0.2) is 0 Å². The Morgan fingerprint density at radius 1 is 0.976 bits per heavy atom. The Morgan fingerprint density at radius 3 is 2.51 bits per heavy atom. The van der Waals surface area contributed by atoms with Gasteiger partial charge in [-0.15, -0.1) is 0 Å². The van der Waals surface area contributed by atoms with Gasteiger partial charge in [-0.2, -0.15) is 0 Å². The molecule has 0 aromatic heterocycles. The van der Waals surface area contributed by atoms with Gasteiger partial charge in [0, 0.05) is 12.3 Å². The first-order valence-electron chi connectivity index (χ1n) is 16.5. The van der Waals surface area contributed by atoms with Crippen molar-refractivity contribution in [3.8, 4) is 0 Å². The summed E-state index contributed by atoms with van der Waals surface area (Å²) in [7, 11) is 0.